The molecule has 1 atom stereocenters. The lowest BCUT2D eigenvalue weighted by Gasteiger charge is -2.13. The van der Waals surface area contributed by atoms with Gasteiger partial charge in [-0.1, -0.05) is 11.6 Å². The van der Waals surface area contributed by atoms with Crippen LogP contribution < -0.4 is 5.32 Å². The van der Waals surface area contributed by atoms with Gasteiger partial charge in [-0.2, -0.15) is 0 Å². The second kappa shape index (κ2) is 7.61. The zero-order valence-corrected chi connectivity index (χ0v) is 12.7. The van der Waals surface area contributed by atoms with Crippen molar-refractivity contribution in [2.75, 3.05) is 5.32 Å². The maximum Gasteiger partial charge on any atom is 0.307 e. The van der Waals surface area contributed by atoms with Gasteiger partial charge in [-0.05, 0) is 31.2 Å². The highest BCUT2D eigenvalue weighted by atomic mass is 35.5. The first-order chi connectivity index (χ1) is 10.6. The Hall–Kier alpha value is -2.34. The van der Waals surface area contributed by atoms with E-state index in [1.807, 2.05) is 0 Å². The minimum absolute atomic E-state index is 0.138. The van der Waals surface area contributed by atoms with Gasteiger partial charge in [-0.15, -0.1) is 0 Å². The number of furan rings is 1. The normalized spacial score (nSPS) is 11.7. The number of rotatable bonds is 6. The van der Waals surface area contributed by atoms with Crippen LogP contribution in [0.4, 0.5) is 5.69 Å². The molecule has 116 valence electrons. The average molecular weight is 323 g/mol. The minimum Gasteiger partial charge on any atom is -0.469 e. The fraction of sp³-hybridized carbons (Fsp3) is 0.267. The molecule has 0 saturated carbocycles. The van der Waals surface area contributed by atoms with Gasteiger partial charge in [-0.3, -0.25) is 9.59 Å². The molecule has 0 saturated heterocycles. The van der Waals surface area contributed by atoms with Gasteiger partial charge in [0.2, 0.25) is 0 Å². The lowest BCUT2D eigenvalue weighted by atomic mass is 10.2. The predicted molar refractivity (Wildman–Crippen MR) is 80.5 cm³/mol. The van der Waals surface area contributed by atoms with Crippen LogP contribution >= 0.6 is 11.6 Å². The largest absolute Gasteiger partial charge is 0.469 e. The van der Waals surface area contributed by atoms with Crippen LogP contribution in [0.5, 0.6) is 0 Å². The lowest BCUT2D eigenvalue weighted by molar-refractivity contribution is -0.153. The molecule has 0 fully saturated rings. The van der Waals surface area contributed by atoms with Crippen molar-refractivity contribution in [3.63, 3.8) is 0 Å². The van der Waals surface area contributed by atoms with Crippen LogP contribution in [0.1, 0.15) is 19.1 Å². The summed E-state index contributed by atoms with van der Waals surface area (Å²) in [6, 6.07) is 6.77. The standard InChI is InChI=1S/C15H15ClN2O4/c1-10(15(20)18-12-5-2-8-17-14(12)16)22-13(19)7-6-11-4-3-9-21-11/h2-5,8-10H,6-7H2,1H3,(H,18,20)/t10-/m1/s1. The number of anilines is 1. The van der Waals surface area contributed by atoms with E-state index in [9.17, 15) is 9.59 Å². The summed E-state index contributed by atoms with van der Waals surface area (Å²) in [7, 11) is 0. The van der Waals surface area contributed by atoms with Gasteiger partial charge in [0.1, 0.15) is 5.76 Å². The molecule has 0 bridgehead atoms. The monoisotopic (exact) mass is 322 g/mol. The van der Waals surface area contributed by atoms with Crippen LogP contribution in [0.25, 0.3) is 0 Å². The Labute approximate surface area is 132 Å². The Kier molecular flexibility index (Phi) is 5.55. The number of hydrogen-bond acceptors (Lipinski definition) is 5. The van der Waals surface area contributed by atoms with Gasteiger partial charge in [0.05, 0.1) is 18.4 Å². The Morgan fingerprint density at radius 1 is 1.41 bits per heavy atom. The Balaban J connectivity index is 1.80. The van der Waals surface area contributed by atoms with Crippen molar-refractivity contribution in [2.24, 2.45) is 0 Å². The van der Waals surface area contributed by atoms with E-state index in [-0.39, 0.29) is 11.6 Å². The Morgan fingerprint density at radius 2 is 2.23 bits per heavy atom. The number of amides is 1. The molecular weight excluding hydrogens is 308 g/mol. The van der Waals surface area contributed by atoms with E-state index < -0.39 is 18.0 Å². The van der Waals surface area contributed by atoms with Crippen LogP contribution in [-0.4, -0.2) is 23.0 Å². The third kappa shape index (κ3) is 4.60. The van der Waals surface area contributed by atoms with Gasteiger partial charge in [0.15, 0.2) is 11.3 Å². The van der Waals surface area contributed by atoms with Gasteiger partial charge < -0.3 is 14.5 Å². The van der Waals surface area contributed by atoms with E-state index >= 15 is 0 Å². The van der Waals surface area contributed by atoms with E-state index in [1.165, 1.54) is 19.4 Å². The third-order valence-electron chi connectivity index (χ3n) is 2.85. The second-order valence-corrected chi connectivity index (χ2v) is 4.90. The number of pyridine rings is 1. The van der Waals surface area contributed by atoms with Crippen LogP contribution in [-0.2, 0) is 20.7 Å². The van der Waals surface area contributed by atoms with Crippen LogP contribution in [0.3, 0.4) is 0 Å². The third-order valence-corrected chi connectivity index (χ3v) is 3.15. The van der Waals surface area contributed by atoms with Gasteiger partial charge in [-0.25, -0.2) is 4.98 Å². The maximum atomic E-state index is 11.9. The smallest absolute Gasteiger partial charge is 0.307 e. The minimum atomic E-state index is -0.930. The fourth-order valence-electron chi connectivity index (χ4n) is 1.70. The molecule has 2 aromatic heterocycles. The van der Waals surface area contributed by atoms with Crippen molar-refractivity contribution in [2.45, 2.75) is 25.9 Å². The highest BCUT2D eigenvalue weighted by Gasteiger charge is 2.19. The van der Waals surface area contributed by atoms with Crippen molar-refractivity contribution in [1.82, 2.24) is 4.98 Å². The molecule has 7 heteroatoms. The summed E-state index contributed by atoms with van der Waals surface area (Å²) in [6.07, 6.45) is 2.68. The molecule has 2 heterocycles. The molecule has 0 unspecified atom stereocenters. The maximum absolute atomic E-state index is 11.9. The molecule has 0 spiro atoms. The number of aryl methyl sites for hydroxylation is 1. The SMILES string of the molecule is C[C@@H](OC(=O)CCc1ccco1)C(=O)Nc1cccnc1Cl. The number of ether oxygens (including phenoxy) is 1. The average Bonchev–Trinajstić information content (AvgIpc) is 3.00. The predicted octanol–water partition coefficient (Wildman–Crippen LogP) is 2.83. The number of carbonyl (C=O) groups excluding carboxylic acids is 2. The lowest BCUT2D eigenvalue weighted by Crippen LogP contribution is -2.30. The van der Waals surface area contributed by atoms with E-state index in [4.69, 9.17) is 20.8 Å². The zero-order valence-electron chi connectivity index (χ0n) is 11.9. The topological polar surface area (TPSA) is 81.4 Å². The summed E-state index contributed by atoms with van der Waals surface area (Å²) in [4.78, 5) is 27.5. The highest BCUT2D eigenvalue weighted by Crippen LogP contribution is 2.17. The van der Waals surface area contributed by atoms with Crippen molar-refractivity contribution in [3.05, 3.63) is 47.6 Å². The molecule has 1 N–H and O–H groups in total. The molecule has 0 aromatic carbocycles. The quantitative estimate of drug-likeness (QED) is 0.653. The number of hydrogen-bond donors (Lipinski definition) is 1. The number of halogens is 1. The first-order valence-corrected chi connectivity index (χ1v) is 7.07. The van der Waals surface area contributed by atoms with Crippen LogP contribution in [0, 0.1) is 0 Å². The number of nitrogens with zero attached hydrogens (tertiary/aromatic N) is 1. The fourth-order valence-corrected chi connectivity index (χ4v) is 1.87. The van der Waals surface area contributed by atoms with Crippen molar-refractivity contribution >= 4 is 29.2 Å². The molecule has 0 aliphatic carbocycles. The molecule has 2 aromatic rings. The van der Waals surface area contributed by atoms with E-state index in [1.54, 1.807) is 24.3 Å². The zero-order chi connectivity index (χ0) is 15.9. The number of esters is 1. The van der Waals surface area contributed by atoms with Gasteiger partial charge in [0.25, 0.3) is 5.91 Å². The summed E-state index contributed by atoms with van der Waals surface area (Å²) in [6.45, 7) is 1.49. The van der Waals surface area contributed by atoms with Crippen LogP contribution in [0.15, 0.2) is 41.1 Å². The Bertz CT molecular complexity index is 643. The second-order valence-electron chi connectivity index (χ2n) is 4.54. The summed E-state index contributed by atoms with van der Waals surface area (Å²) in [5, 5.41) is 2.73. The van der Waals surface area contributed by atoms with E-state index in [0.717, 1.165) is 0 Å². The first-order valence-electron chi connectivity index (χ1n) is 6.69. The molecule has 0 radical (unpaired) electrons. The summed E-state index contributed by atoms with van der Waals surface area (Å²) >= 11 is 5.84. The summed E-state index contributed by atoms with van der Waals surface area (Å²) < 4.78 is 10.2. The molecule has 22 heavy (non-hydrogen) atoms. The van der Waals surface area contributed by atoms with Gasteiger partial charge >= 0.3 is 5.97 Å². The van der Waals surface area contributed by atoms with Crippen LogP contribution in [0.2, 0.25) is 5.15 Å². The molecule has 2 rings (SSSR count). The molecule has 1 amide bonds. The van der Waals surface area contributed by atoms with Crippen molar-refractivity contribution < 1.29 is 18.7 Å². The molecular formula is C15H15ClN2O4. The van der Waals surface area contributed by atoms with E-state index in [0.29, 0.717) is 17.9 Å². The van der Waals surface area contributed by atoms with E-state index in [2.05, 4.69) is 10.3 Å². The van der Waals surface area contributed by atoms with Crippen molar-refractivity contribution in [1.29, 1.82) is 0 Å². The summed E-state index contributed by atoms with van der Waals surface area (Å²) in [5.41, 5.74) is 0.368. The Morgan fingerprint density at radius 3 is 2.91 bits per heavy atom. The molecule has 0 aliphatic rings. The number of carbonyl (C=O) groups is 2. The summed E-state index contributed by atoms with van der Waals surface area (Å²) in [5.74, 6) is -0.256. The molecule has 6 nitrogen and oxygen atoms in total. The molecule has 0 aliphatic heterocycles. The number of aromatic nitrogens is 1. The first kappa shape index (κ1) is 16.0. The van der Waals surface area contributed by atoms with Gasteiger partial charge in [0, 0.05) is 12.6 Å². The highest BCUT2D eigenvalue weighted by molar-refractivity contribution is 6.32. The number of nitrogens with one attached hydrogen (secondary N) is 1. The van der Waals surface area contributed by atoms with Crippen molar-refractivity contribution in [3.8, 4) is 0 Å².